The van der Waals surface area contributed by atoms with Crippen LogP contribution in [0, 0.1) is 6.92 Å². The van der Waals surface area contributed by atoms with Crippen LogP contribution in [0.5, 0.6) is 23.0 Å². The minimum atomic E-state index is -1.55. The molecule has 0 saturated heterocycles. The number of nitrogens with one attached hydrogen (secondary N) is 2. The number of aryl methyl sites for hydroxylation is 1. The monoisotopic (exact) mass is 542 g/mol. The smallest absolute Gasteiger partial charge is 0.194 e. The van der Waals surface area contributed by atoms with Gasteiger partial charge in [0.25, 0.3) is 0 Å². The summed E-state index contributed by atoms with van der Waals surface area (Å²) in [4.78, 5) is 43.4. The molecule has 3 aliphatic rings. The number of allylic oxidation sites excluding steroid dienone is 4. The summed E-state index contributed by atoms with van der Waals surface area (Å²) in [5.74, 6) is -1.64. The molecule has 206 valence electrons. The second kappa shape index (κ2) is 8.74. The first-order valence-corrected chi connectivity index (χ1v) is 13.2. The maximum atomic E-state index is 14.2. The summed E-state index contributed by atoms with van der Waals surface area (Å²) in [5.41, 5.74) is 2.01. The molecule has 2 aliphatic carbocycles. The fourth-order valence-corrected chi connectivity index (χ4v) is 6.41. The fraction of sp³-hybridized carbons (Fsp3) is 0.323. The van der Waals surface area contributed by atoms with Crippen molar-refractivity contribution in [3.8, 4) is 23.0 Å². The van der Waals surface area contributed by atoms with Crippen molar-refractivity contribution in [3.05, 3.63) is 69.3 Å². The average Bonchev–Trinajstić information content (AvgIpc) is 3.43. The summed E-state index contributed by atoms with van der Waals surface area (Å²) in [7, 11) is 1.64. The molecule has 9 heteroatoms. The SMILES string of the molecule is COc1ccc2[nH]c3c(c2c1)CCCC3NC(C)=C1C(=O)C=C2Oc3c(C(C)=O)c(O)c(C)c(O)c3[C@@]2(C)C1=O. The predicted octanol–water partition coefficient (Wildman–Crippen LogP) is 4.73. The summed E-state index contributed by atoms with van der Waals surface area (Å²) in [6.45, 7) is 5.99. The number of fused-ring (bicyclic) bond motifs is 6. The molecule has 2 aromatic carbocycles. The number of H-pyrrole nitrogens is 1. The highest BCUT2D eigenvalue weighted by atomic mass is 16.5. The van der Waals surface area contributed by atoms with Crippen molar-refractivity contribution in [3.63, 3.8) is 0 Å². The van der Waals surface area contributed by atoms with E-state index >= 15 is 0 Å². The van der Waals surface area contributed by atoms with Gasteiger partial charge in [-0.2, -0.15) is 0 Å². The molecule has 1 aromatic heterocycles. The van der Waals surface area contributed by atoms with Crippen molar-refractivity contribution in [2.75, 3.05) is 7.11 Å². The molecule has 0 saturated carbocycles. The molecule has 6 rings (SSSR count). The number of hydrogen-bond acceptors (Lipinski definition) is 8. The lowest BCUT2D eigenvalue weighted by atomic mass is 9.70. The molecule has 0 spiro atoms. The zero-order valence-electron chi connectivity index (χ0n) is 22.9. The molecule has 2 heterocycles. The van der Waals surface area contributed by atoms with Gasteiger partial charge in [-0.25, -0.2) is 0 Å². The van der Waals surface area contributed by atoms with E-state index in [1.807, 2.05) is 18.2 Å². The van der Waals surface area contributed by atoms with Crippen LogP contribution in [0.15, 0.2) is 41.3 Å². The Hall–Kier alpha value is -4.53. The molecule has 1 unspecified atom stereocenters. The molecular formula is C31H30N2O7. The van der Waals surface area contributed by atoms with E-state index in [9.17, 15) is 24.6 Å². The number of aromatic hydroxyl groups is 2. The van der Waals surface area contributed by atoms with E-state index in [0.717, 1.165) is 41.6 Å². The van der Waals surface area contributed by atoms with Crippen molar-refractivity contribution in [1.29, 1.82) is 0 Å². The summed E-state index contributed by atoms with van der Waals surface area (Å²) >= 11 is 0. The quantitative estimate of drug-likeness (QED) is 0.211. The average molecular weight is 543 g/mol. The van der Waals surface area contributed by atoms with E-state index in [-0.39, 0.29) is 45.6 Å². The van der Waals surface area contributed by atoms with E-state index in [1.165, 1.54) is 25.5 Å². The molecule has 4 N–H and O–H groups in total. The van der Waals surface area contributed by atoms with Gasteiger partial charge < -0.3 is 30.0 Å². The normalized spacial score (nSPS) is 22.7. The molecule has 0 fully saturated rings. The van der Waals surface area contributed by atoms with Crippen LogP contribution in [-0.4, -0.2) is 39.7 Å². The number of Topliss-reactive ketones (excluding diaryl/α,β-unsaturated/α-hetero) is 2. The topological polar surface area (TPSA) is 138 Å². The molecule has 40 heavy (non-hydrogen) atoms. The Kier molecular flexibility index (Phi) is 5.62. The number of aromatic nitrogens is 1. The standard InChI is InChI=1S/C31H30N2O7/c1-13-27(36)24(15(3)34)29-25(28(13)37)31(4)22(40-29)12-21(35)23(30(31)38)14(2)32-20-8-6-7-17-18-11-16(39-5)9-10-19(18)33-26(17)20/h9-12,20,32-33,36-37H,6-8H2,1-5H3/t20?,31-/m0/s1. The Labute approximate surface area is 230 Å². The summed E-state index contributed by atoms with van der Waals surface area (Å²) < 4.78 is 11.3. The van der Waals surface area contributed by atoms with Gasteiger partial charge in [-0.05, 0) is 70.7 Å². The van der Waals surface area contributed by atoms with Crippen molar-refractivity contribution >= 4 is 28.3 Å². The van der Waals surface area contributed by atoms with Gasteiger partial charge in [0.05, 0.1) is 24.3 Å². The van der Waals surface area contributed by atoms with Gasteiger partial charge in [-0.1, -0.05) is 0 Å². The number of ketones is 3. The van der Waals surface area contributed by atoms with Gasteiger partial charge >= 0.3 is 0 Å². The molecular weight excluding hydrogens is 512 g/mol. The number of rotatable bonds is 4. The van der Waals surface area contributed by atoms with Crippen LogP contribution in [0.1, 0.15) is 72.4 Å². The van der Waals surface area contributed by atoms with Gasteiger partial charge in [-0.3, -0.25) is 14.4 Å². The van der Waals surface area contributed by atoms with Crippen molar-refractivity contribution in [2.24, 2.45) is 0 Å². The Bertz CT molecular complexity index is 1740. The maximum absolute atomic E-state index is 14.2. The zero-order chi connectivity index (χ0) is 28.7. The number of ether oxygens (including phenoxy) is 2. The molecule has 2 atom stereocenters. The maximum Gasteiger partial charge on any atom is 0.194 e. The number of benzene rings is 2. The van der Waals surface area contributed by atoms with Crippen LogP contribution >= 0.6 is 0 Å². The van der Waals surface area contributed by atoms with Crippen molar-refractivity contribution in [1.82, 2.24) is 10.3 Å². The molecule has 1 aliphatic heterocycles. The van der Waals surface area contributed by atoms with E-state index in [4.69, 9.17) is 9.47 Å². The summed E-state index contributed by atoms with van der Waals surface area (Å²) in [5, 5.41) is 26.1. The first kappa shape index (κ1) is 25.7. The first-order chi connectivity index (χ1) is 19.0. The van der Waals surface area contributed by atoms with Gasteiger partial charge in [0, 0.05) is 33.9 Å². The molecule has 0 radical (unpaired) electrons. The Balaban J connectivity index is 1.44. The number of carbonyl (C=O) groups is 3. The number of hydrogen-bond donors (Lipinski definition) is 4. The van der Waals surface area contributed by atoms with Crippen LogP contribution in [0.2, 0.25) is 0 Å². The molecule has 3 aromatic rings. The van der Waals surface area contributed by atoms with E-state index in [0.29, 0.717) is 5.70 Å². The number of methoxy groups -OCH3 is 1. The second-order valence-electron chi connectivity index (χ2n) is 10.9. The highest BCUT2D eigenvalue weighted by molar-refractivity contribution is 6.31. The van der Waals surface area contributed by atoms with Gasteiger partial charge in [0.2, 0.25) is 0 Å². The van der Waals surface area contributed by atoms with Crippen LogP contribution in [0.4, 0.5) is 0 Å². The highest BCUT2D eigenvalue weighted by Gasteiger charge is 2.56. The van der Waals surface area contributed by atoms with E-state index < -0.39 is 28.5 Å². The third kappa shape index (κ3) is 3.36. The summed E-state index contributed by atoms with van der Waals surface area (Å²) in [6, 6.07) is 5.74. The lowest BCUT2D eigenvalue weighted by molar-refractivity contribution is -0.123. The van der Waals surface area contributed by atoms with Crippen molar-refractivity contribution < 1.29 is 34.1 Å². The van der Waals surface area contributed by atoms with Crippen LogP contribution in [0.25, 0.3) is 10.9 Å². The second-order valence-corrected chi connectivity index (χ2v) is 10.9. The van der Waals surface area contributed by atoms with Gasteiger partial charge in [-0.15, -0.1) is 0 Å². The molecule has 9 nitrogen and oxygen atoms in total. The minimum absolute atomic E-state index is 0.0152. The lowest BCUT2D eigenvalue weighted by Crippen LogP contribution is -2.41. The third-order valence-electron chi connectivity index (χ3n) is 8.56. The Morgan fingerprint density at radius 3 is 2.65 bits per heavy atom. The Morgan fingerprint density at radius 2 is 1.95 bits per heavy atom. The highest BCUT2D eigenvalue weighted by Crippen LogP contribution is 2.57. The number of phenols is 2. The predicted molar refractivity (Wildman–Crippen MR) is 147 cm³/mol. The lowest BCUT2D eigenvalue weighted by Gasteiger charge is -2.30. The number of aromatic amines is 1. The van der Waals surface area contributed by atoms with Gasteiger partial charge in [0.1, 0.15) is 39.7 Å². The Morgan fingerprint density at radius 1 is 1.20 bits per heavy atom. The zero-order valence-corrected chi connectivity index (χ0v) is 22.9. The van der Waals surface area contributed by atoms with E-state index in [2.05, 4.69) is 10.3 Å². The fourth-order valence-electron chi connectivity index (χ4n) is 6.41. The van der Waals surface area contributed by atoms with Gasteiger partial charge in [0.15, 0.2) is 17.3 Å². The number of phenolic OH excluding ortho intramolecular Hbond substituents is 2. The van der Waals surface area contributed by atoms with Crippen LogP contribution in [-0.2, 0) is 21.4 Å². The third-order valence-corrected chi connectivity index (χ3v) is 8.56. The molecule has 0 bridgehead atoms. The first-order valence-electron chi connectivity index (χ1n) is 13.2. The largest absolute Gasteiger partial charge is 0.507 e. The van der Waals surface area contributed by atoms with E-state index in [1.54, 1.807) is 21.0 Å². The molecule has 0 amide bonds. The minimum Gasteiger partial charge on any atom is -0.507 e. The van der Waals surface area contributed by atoms with Crippen LogP contribution < -0.4 is 14.8 Å². The van der Waals surface area contributed by atoms with Crippen LogP contribution in [0.3, 0.4) is 0 Å². The summed E-state index contributed by atoms with van der Waals surface area (Å²) in [6.07, 6.45) is 3.86. The van der Waals surface area contributed by atoms with Crippen molar-refractivity contribution in [2.45, 2.75) is 58.4 Å². The number of carbonyl (C=O) groups excluding carboxylic acids is 3.